The number of hydrogen-bond donors (Lipinski definition) is 1. The molecule has 2 aliphatic heterocycles. The van der Waals surface area contributed by atoms with E-state index in [0.717, 1.165) is 10.6 Å². The van der Waals surface area contributed by atoms with Gasteiger partial charge in [0.15, 0.2) is 0 Å². The second-order valence-corrected chi connectivity index (χ2v) is 6.70. The van der Waals surface area contributed by atoms with Gasteiger partial charge in [0.2, 0.25) is 0 Å². The van der Waals surface area contributed by atoms with E-state index in [-0.39, 0.29) is 29.0 Å². The van der Waals surface area contributed by atoms with Crippen LogP contribution in [-0.2, 0) is 0 Å². The fourth-order valence-electron chi connectivity index (χ4n) is 3.56. The first kappa shape index (κ1) is 17.1. The predicted molar refractivity (Wildman–Crippen MR) is 99.1 cm³/mol. The molecule has 0 unspecified atom stereocenters. The number of anilines is 1. The molecular weight excluding hydrogens is 346 g/mol. The fraction of sp³-hybridized carbons (Fsp3) is 0.250. The van der Waals surface area contributed by atoms with Crippen LogP contribution in [0.5, 0.6) is 5.75 Å². The van der Waals surface area contributed by atoms with Gasteiger partial charge in [-0.3, -0.25) is 19.3 Å². The molecule has 2 aromatic rings. The second-order valence-electron chi connectivity index (χ2n) is 6.70. The van der Waals surface area contributed by atoms with Gasteiger partial charge in [-0.05, 0) is 30.3 Å². The molecular formula is C20H19N3O4. The maximum Gasteiger partial charge on any atom is 0.261 e. The number of nitrogens with zero attached hydrogens (tertiary/aromatic N) is 3. The molecule has 0 spiro atoms. The number of imide groups is 1. The summed E-state index contributed by atoms with van der Waals surface area (Å²) in [7, 11) is 1.43. The molecule has 0 aliphatic carbocycles. The number of fused-ring (bicyclic) bond motifs is 1. The Morgan fingerprint density at radius 2 is 1.59 bits per heavy atom. The van der Waals surface area contributed by atoms with Gasteiger partial charge in [-0.25, -0.2) is 0 Å². The Kier molecular flexibility index (Phi) is 4.07. The lowest BCUT2D eigenvalue weighted by molar-refractivity contribution is 0.0692. The van der Waals surface area contributed by atoms with Gasteiger partial charge in [0.1, 0.15) is 5.75 Å². The number of hydrogen-bond acceptors (Lipinski definition) is 5. The summed E-state index contributed by atoms with van der Waals surface area (Å²) in [4.78, 5) is 41.8. The Labute approximate surface area is 156 Å². The van der Waals surface area contributed by atoms with E-state index in [2.05, 4.69) is 0 Å². The molecule has 1 fully saturated rings. The molecule has 1 N–H and O–H groups in total. The molecule has 2 heterocycles. The number of piperazine rings is 1. The summed E-state index contributed by atoms with van der Waals surface area (Å²) >= 11 is 0. The van der Waals surface area contributed by atoms with Crippen LogP contribution in [0.4, 0.5) is 5.69 Å². The van der Waals surface area contributed by atoms with Crippen molar-refractivity contribution in [3.05, 3.63) is 59.2 Å². The number of carbonyl (C=O) groups is 3. The number of phenols is 1. The van der Waals surface area contributed by atoms with Gasteiger partial charge in [0.05, 0.1) is 16.8 Å². The molecule has 0 radical (unpaired) electrons. The fourth-order valence-corrected chi connectivity index (χ4v) is 3.56. The van der Waals surface area contributed by atoms with Crippen LogP contribution in [0.1, 0.15) is 31.1 Å². The van der Waals surface area contributed by atoms with Crippen LogP contribution in [0.3, 0.4) is 0 Å². The number of para-hydroxylation sites is 2. The van der Waals surface area contributed by atoms with Gasteiger partial charge in [0.25, 0.3) is 17.7 Å². The molecule has 0 saturated carbocycles. The average molecular weight is 365 g/mol. The average Bonchev–Trinajstić information content (AvgIpc) is 2.92. The lowest BCUT2D eigenvalue weighted by atomic mass is 10.0. The van der Waals surface area contributed by atoms with Crippen molar-refractivity contribution < 1.29 is 19.5 Å². The van der Waals surface area contributed by atoms with Crippen molar-refractivity contribution in [1.29, 1.82) is 0 Å². The first-order valence-electron chi connectivity index (χ1n) is 8.76. The maximum absolute atomic E-state index is 12.8. The molecule has 138 valence electrons. The monoisotopic (exact) mass is 365 g/mol. The van der Waals surface area contributed by atoms with Crippen molar-refractivity contribution in [3.63, 3.8) is 0 Å². The summed E-state index contributed by atoms with van der Waals surface area (Å²) in [6, 6.07) is 11.8. The van der Waals surface area contributed by atoms with Crippen LogP contribution in [0.25, 0.3) is 0 Å². The van der Waals surface area contributed by atoms with Gasteiger partial charge in [-0.1, -0.05) is 12.1 Å². The topological polar surface area (TPSA) is 81.2 Å². The smallest absolute Gasteiger partial charge is 0.261 e. The van der Waals surface area contributed by atoms with Crippen molar-refractivity contribution in [2.24, 2.45) is 0 Å². The van der Waals surface area contributed by atoms with Crippen LogP contribution < -0.4 is 4.90 Å². The lowest BCUT2D eigenvalue weighted by Crippen LogP contribution is -2.48. The third-order valence-electron chi connectivity index (χ3n) is 5.13. The van der Waals surface area contributed by atoms with E-state index in [1.165, 1.54) is 13.1 Å². The molecule has 3 amide bonds. The standard InChI is InChI=1S/C20H19N3O4/c1-21-19(26)14-7-6-13(12-15(14)20(21)27)18(25)23-10-8-22(9-11-23)16-4-2-3-5-17(16)24/h2-7,12,24H,8-11H2,1H3. The molecule has 2 aromatic carbocycles. The normalized spacial score (nSPS) is 16.7. The van der Waals surface area contributed by atoms with E-state index in [0.29, 0.717) is 37.3 Å². The summed E-state index contributed by atoms with van der Waals surface area (Å²) in [5, 5.41) is 9.99. The number of carbonyl (C=O) groups excluding carboxylic acids is 3. The Bertz CT molecular complexity index is 948. The van der Waals surface area contributed by atoms with E-state index in [9.17, 15) is 19.5 Å². The van der Waals surface area contributed by atoms with Crippen molar-refractivity contribution in [2.75, 3.05) is 38.1 Å². The van der Waals surface area contributed by atoms with Crippen LogP contribution in [0, 0.1) is 0 Å². The van der Waals surface area contributed by atoms with Crippen LogP contribution in [0.2, 0.25) is 0 Å². The quantitative estimate of drug-likeness (QED) is 0.818. The summed E-state index contributed by atoms with van der Waals surface area (Å²) in [5.74, 6) is -0.660. The van der Waals surface area contributed by atoms with E-state index < -0.39 is 0 Å². The van der Waals surface area contributed by atoms with Crippen molar-refractivity contribution in [1.82, 2.24) is 9.80 Å². The molecule has 0 bridgehead atoms. The molecule has 7 nitrogen and oxygen atoms in total. The van der Waals surface area contributed by atoms with Gasteiger partial charge in [0, 0.05) is 38.8 Å². The molecule has 1 saturated heterocycles. The molecule has 2 aliphatic rings. The van der Waals surface area contributed by atoms with Gasteiger partial charge < -0.3 is 14.9 Å². The molecule has 0 aromatic heterocycles. The minimum atomic E-state index is -0.381. The summed E-state index contributed by atoms with van der Waals surface area (Å²) < 4.78 is 0. The predicted octanol–water partition coefficient (Wildman–Crippen LogP) is 1.58. The third kappa shape index (κ3) is 2.81. The van der Waals surface area contributed by atoms with E-state index in [4.69, 9.17) is 0 Å². The van der Waals surface area contributed by atoms with Crippen molar-refractivity contribution in [3.8, 4) is 5.75 Å². The minimum Gasteiger partial charge on any atom is -0.506 e. The van der Waals surface area contributed by atoms with Gasteiger partial charge in [-0.2, -0.15) is 0 Å². The Morgan fingerprint density at radius 3 is 2.30 bits per heavy atom. The highest BCUT2D eigenvalue weighted by molar-refractivity contribution is 6.21. The second kappa shape index (κ2) is 6.42. The highest BCUT2D eigenvalue weighted by Crippen LogP contribution is 2.28. The third-order valence-corrected chi connectivity index (χ3v) is 5.13. The zero-order valence-corrected chi connectivity index (χ0v) is 14.9. The zero-order chi connectivity index (χ0) is 19.1. The van der Waals surface area contributed by atoms with Crippen LogP contribution in [-0.4, -0.2) is 65.9 Å². The largest absolute Gasteiger partial charge is 0.506 e. The van der Waals surface area contributed by atoms with E-state index in [1.807, 2.05) is 17.0 Å². The Hall–Kier alpha value is -3.35. The molecule has 27 heavy (non-hydrogen) atoms. The summed E-state index contributed by atoms with van der Waals surface area (Å²) in [5.41, 5.74) is 1.78. The van der Waals surface area contributed by atoms with Crippen LogP contribution >= 0.6 is 0 Å². The lowest BCUT2D eigenvalue weighted by Gasteiger charge is -2.36. The highest BCUT2D eigenvalue weighted by atomic mass is 16.3. The van der Waals surface area contributed by atoms with Gasteiger partial charge >= 0.3 is 0 Å². The number of rotatable bonds is 2. The highest BCUT2D eigenvalue weighted by Gasteiger charge is 2.34. The number of aromatic hydroxyl groups is 1. The van der Waals surface area contributed by atoms with Crippen LogP contribution in [0.15, 0.2) is 42.5 Å². The van der Waals surface area contributed by atoms with Gasteiger partial charge in [-0.15, -0.1) is 0 Å². The Balaban J connectivity index is 1.49. The van der Waals surface area contributed by atoms with E-state index >= 15 is 0 Å². The Morgan fingerprint density at radius 1 is 0.926 bits per heavy atom. The first-order chi connectivity index (χ1) is 13.0. The number of phenolic OH excluding ortho intramolecular Hbond substituents is 1. The van der Waals surface area contributed by atoms with Crippen molar-refractivity contribution in [2.45, 2.75) is 0 Å². The molecule has 7 heteroatoms. The first-order valence-corrected chi connectivity index (χ1v) is 8.76. The zero-order valence-electron chi connectivity index (χ0n) is 14.9. The molecule has 4 rings (SSSR count). The van der Waals surface area contributed by atoms with E-state index in [1.54, 1.807) is 29.2 Å². The SMILES string of the molecule is CN1C(=O)c2ccc(C(=O)N3CCN(c4ccccc4O)CC3)cc2C1=O. The summed E-state index contributed by atoms with van der Waals surface area (Å²) in [6.45, 7) is 2.23. The minimum absolute atomic E-state index is 0.162. The molecule has 0 atom stereocenters. The van der Waals surface area contributed by atoms with Crippen molar-refractivity contribution >= 4 is 23.4 Å². The maximum atomic E-state index is 12.8. The number of amides is 3. The summed E-state index contributed by atoms with van der Waals surface area (Å²) in [6.07, 6.45) is 0. The number of benzene rings is 2.